The third-order valence-electron chi connectivity index (χ3n) is 3.52. The molecule has 1 aromatic carbocycles. The fourth-order valence-corrected chi connectivity index (χ4v) is 1.95. The molecule has 3 N–H and O–H groups in total. The Morgan fingerprint density at radius 3 is 2.81 bits per heavy atom. The first kappa shape index (κ1) is 15.0. The Kier molecular flexibility index (Phi) is 3.97. The number of hydrogen-bond donors (Lipinski definition) is 2. The molecule has 21 heavy (non-hydrogen) atoms. The quantitative estimate of drug-likeness (QED) is 0.829. The molecule has 0 radical (unpaired) electrons. The Morgan fingerprint density at radius 2 is 2.14 bits per heavy atom. The molecule has 0 fully saturated rings. The van der Waals surface area contributed by atoms with Crippen LogP contribution in [-0.2, 0) is 11.3 Å². The fourth-order valence-electron chi connectivity index (χ4n) is 1.95. The molecule has 0 saturated carbocycles. The SMILES string of the molecule is CCC(C)(C)NC(=O)Cn1cnc2ccc(N)cc2c1=O. The van der Waals surface area contributed by atoms with Crippen molar-refractivity contribution < 1.29 is 4.79 Å². The van der Waals surface area contributed by atoms with E-state index in [4.69, 9.17) is 5.73 Å². The molecule has 0 atom stereocenters. The highest BCUT2D eigenvalue weighted by Crippen LogP contribution is 2.11. The van der Waals surface area contributed by atoms with Gasteiger partial charge in [0.05, 0.1) is 17.2 Å². The van der Waals surface area contributed by atoms with Crippen LogP contribution in [0.2, 0.25) is 0 Å². The molecule has 6 nitrogen and oxygen atoms in total. The molecule has 1 amide bonds. The molecule has 1 heterocycles. The lowest BCUT2D eigenvalue weighted by atomic mass is 10.0. The van der Waals surface area contributed by atoms with Crippen molar-refractivity contribution in [1.29, 1.82) is 0 Å². The van der Waals surface area contributed by atoms with Gasteiger partial charge in [0.15, 0.2) is 0 Å². The van der Waals surface area contributed by atoms with E-state index in [0.717, 1.165) is 6.42 Å². The number of nitrogens with two attached hydrogens (primary N) is 1. The Bertz CT molecular complexity index is 734. The van der Waals surface area contributed by atoms with E-state index in [-0.39, 0.29) is 23.6 Å². The molecule has 0 aliphatic carbocycles. The van der Waals surface area contributed by atoms with Crippen molar-refractivity contribution in [1.82, 2.24) is 14.9 Å². The molecule has 0 aliphatic heterocycles. The maximum atomic E-state index is 12.3. The lowest BCUT2D eigenvalue weighted by Gasteiger charge is -2.24. The number of nitrogens with one attached hydrogen (secondary N) is 1. The summed E-state index contributed by atoms with van der Waals surface area (Å²) in [4.78, 5) is 28.5. The first-order chi connectivity index (χ1) is 9.82. The first-order valence-electron chi connectivity index (χ1n) is 6.88. The summed E-state index contributed by atoms with van der Waals surface area (Å²) in [5, 5.41) is 3.31. The second kappa shape index (κ2) is 5.55. The maximum absolute atomic E-state index is 12.3. The van der Waals surface area contributed by atoms with Crippen LogP contribution in [0.5, 0.6) is 0 Å². The number of fused-ring (bicyclic) bond motifs is 1. The minimum Gasteiger partial charge on any atom is -0.399 e. The Labute approximate surface area is 123 Å². The van der Waals surface area contributed by atoms with Crippen LogP contribution < -0.4 is 16.6 Å². The van der Waals surface area contributed by atoms with Crippen LogP contribution in [0.15, 0.2) is 29.3 Å². The molecule has 0 bridgehead atoms. The predicted molar refractivity (Wildman–Crippen MR) is 82.9 cm³/mol. The fraction of sp³-hybridized carbons (Fsp3) is 0.400. The zero-order valence-electron chi connectivity index (χ0n) is 12.5. The Balaban J connectivity index is 2.29. The minimum atomic E-state index is -0.296. The number of nitrogens with zero attached hydrogens (tertiary/aromatic N) is 2. The molecule has 0 spiro atoms. The van der Waals surface area contributed by atoms with Crippen LogP contribution in [0.1, 0.15) is 27.2 Å². The topological polar surface area (TPSA) is 90.0 Å². The molecule has 2 rings (SSSR count). The van der Waals surface area contributed by atoms with Gasteiger partial charge >= 0.3 is 0 Å². The highest BCUT2D eigenvalue weighted by atomic mass is 16.2. The maximum Gasteiger partial charge on any atom is 0.261 e. The lowest BCUT2D eigenvalue weighted by Crippen LogP contribution is -2.45. The number of amides is 1. The second-order valence-electron chi connectivity index (χ2n) is 5.74. The van der Waals surface area contributed by atoms with Gasteiger partial charge in [-0.2, -0.15) is 0 Å². The Hall–Kier alpha value is -2.37. The van der Waals surface area contributed by atoms with Gasteiger partial charge in [0.25, 0.3) is 5.56 Å². The third-order valence-corrected chi connectivity index (χ3v) is 3.52. The summed E-state index contributed by atoms with van der Waals surface area (Å²) < 4.78 is 1.29. The van der Waals surface area contributed by atoms with Crippen LogP contribution in [0.25, 0.3) is 10.9 Å². The standard InChI is InChI=1S/C15H20N4O2/c1-4-15(2,3)18-13(20)8-19-9-17-12-6-5-10(16)7-11(12)14(19)21/h5-7,9H,4,8,16H2,1-3H3,(H,18,20). The van der Waals surface area contributed by atoms with Crippen molar-refractivity contribution in [3.63, 3.8) is 0 Å². The first-order valence-corrected chi connectivity index (χ1v) is 6.88. The van der Waals surface area contributed by atoms with Crippen molar-refractivity contribution >= 4 is 22.5 Å². The van der Waals surface area contributed by atoms with Crippen molar-refractivity contribution in [2.75, 3.05) is 5.73 Å². The Morgan fingerprint density at radius 1 is 1.43 bits per heavy atom. The summed E-state index contributed by atoms with van der Waals surface area (Å²) in [6.07, 6.45) is 2.19. The molecule has 0 aliphatic rings. The van der Waals surface area contributed by atoms with E-state index in [1.165, 1.54) is 10.9 Å². The van der Waals surface area contributed by atoms with Gasteiger partial charge in [0.1, 0.15) is 6.54 Å². The molecule has 6 heteroatoms. The van der Waals surface area contributed by atoms with Crippen LogP contribution in [-0.4, -0.2) is 21.0 Å². The zero-order valence-corrected chi connectivity index (χ0v) is 12.5. The largest absolute Gasteiger partial charge is 0.399 e. The lowest BCUT2D eigenvalue weighted by molar-refractivity contribution is -0.123. The van der Waals surface area contributed by atoms with Gasteiger partial charge in [0, 0.05) is 11.2 Å². The van der Waals surface area contributed by atoms with Crippen molar-refractivity contribution in [2.24, 2.45) is 0 Å². The average Bonchev–Trinajstić information content (AvgIpc) is 2.42. The number of aromatic nitrogens is 2. The van der Waals surface area contributed by atoms with Gasteiger partial charge in [-0.3, -0.25) is 14.2 Å². The molecule has 1 aromatic heterocycles. The summed E-state index contributed by atoms with van der Waals surface area (Å²) in [7, 11) is 0. The smallest absolute Gasteiger partial charge is 0.261 e. The van der Waals surface area contributed by atoms with Crippen LogP contribution in [0.4, 0.5) is 5.69 Å². The summed E-state index contributed by atoms with van der Waals surface area (Å²) in [6, 6.07) is 4.96. The highest BCUT2D eigenvalue weighted by Gasteiger charge is 2.18. The second-order valence-corrected chi connectivity index (χ2v) is 5.74. The number of nitrogen functional groups attached to an aromatic ring is 1. The molecule has 0 saturated heterocycles. The summed E-state index contributed by atoms with van der Waals surface area (Å²) in [6.45, 7) is 5.81. The van der Waals surface area contributed by atoms with Crippen LogP contribution >= 0.6 is 0 Å². The molecule has 2 aromatic rings. The third kappa shape index (κ3) is 3.39. The van der Waals surface area contributed by atoms with Gasteiger partial charge in [-0.25, -0.2) is 4.98 Å². The van der Waals surface area contributed by atoms with Gasteiger partial charge < -0.3 is 11.1 Å². The van der Waals surface area contributed by atoms with Crippen molar-refractivity contribution in [3.8, 4) is 0 Å². The average molecular weight is 288 g/mol. The van der Waals surface area contributed by atoms with Crippen LogP contribution in [0.3, 0.4) is 0 Å². The van der Waals surface area contributed by atoms with E-state index >= 15 is 0 Å². The number of carbonyl (C=O) groups excluding carboxylic acids is 1. The van der Waals surface area contributed by atoms with E-state index in [9.17, 15) is 9.59 Å². The number of rotatable bonds is 4. The van der Waals surface area contributed by atoms with Gasteiger partial charge in [-0.1, -0.05) is 6.92 Å². The van der Waals surface area contributed by atoms with Gasteiger partial charge in [-0.15, -0.1) is 0 Å². The highest BCUT2D eigenvalue weighted by molar-refractivity contribution is 5.81. The van der Waals surface area contributed by atoms with E-state index in [1.807, 2.05) is 20.8 Å². The van der Waals surface area contributed by atoms with E-state index in [2.05, 4.69) is 10.3 Å². The summed E-state index contributed by atoms with van der Waals surface area (Å²) in [5.41, 5.74) is 6.19. The zero-order chi connectivity index (χ0) is 15.6. The number of hydrogen-bond acceptors (Lipinski definition) is 4. The minimum absolute atomic E-state index is 0.0556. The summed E-state index contributed by atoms with van der Waals surface area (Å²) in [5.74, 6) is -0.214. The van der Waals surface area contributed by atoms with Gasteiger partial charge in [-0.05, 0) is 38.5 Å². The monoisotopic (exact) mass is 288 g/mol. The van der Waals surface area contributed by atoms with Crippen molar-refractivity contribution in [3.05, 3.63) is 34.9 Å². The molecular weight excluding hydrogens is 268 g/mol. The molecule has 112 valence electrons. The molecular formula is C15H20N4O2. The van der Waals surface area contributed by atoms with E-state index in [0.29, 0.717) is 16.6 Å². The van der Waals surface area contributed by atoms with Crippen molar-refractivity contribution in [2.45, 2.75) is 39.3 Å². The summed E-state index contributed by atoms with van der Waals surface area (Å²) >= 11 is 0. The number of benzene rings is 1. The van der Waals surface area contributed by atoms with Crippen LogP contribution in [0, 0.1) is 0 Å². The number of carbonyl (C=O) groups is 1. The molecule has 0 unspecified atom stereocenters. The van der Waals surface area contributed by atoms with Gasteiger partial charge in [0.2, 0.25) is 5.91 Å². The normalized spacial score (nSPS) is 11.6. The predicted octanol–water partition coefficient (Wildman–Crippen LogP) is 1.28. The number of anilines is 1. The van der Waals surface area contributed by atoms with E-state index in [1.54, 1.807) is 18.2 Å². The van der Waals surface area contributed by atoms with E-state index < -0.39 is 0 Å².